The number of alkyl halides is 4. The molecule has 0 spiro atoms. The molecular formula is C19H23F4N3O2. The van der Waals surface area contributed by atoms with Crippen LogP contribution in [0.15, 0.2) is 24.3 Å². The van der Waals surface area contributed by atoms with E-state index in [0.29, 0.717) is 18.5 Å². The summed E-state index contributed by atoms with van der Waals surface area (Å²) in [6.07, 6.45) is -4.83. The number of primary amides is 1. The van der Waals surface area contributed by atoms with E-state index in [1.807, 2.05) is 0 Å². The zero-order valence-electron chi connectivity index (χ0n) is 15.2. The molecule has 2 aliphatic heterocycles. The highest BCUT2D eigenvalue weighted by Gasteiger charge is 2.59. The Labute approximate surface area is 160 Å². The highest BCUT2D eigenvalue weighted by Crippen LogP contribution is 2.56. The van der Waals surface area contributed by atoms with Crippen LogP contribution in [0.25, 0.3) is 0 Å². The van der Waals surface area contributed by atoms with Gasteiger partial charge in [0.25, 0.3) is 0 Å². The molecule has 1 aliphatic carbocycles. The van der Waals surface area contributed by atoms with E-state index in [4.69, 9.17) is 5.73 Å². The molecule has 154 valence electrons. The summed E-state index contributed by atoms with van der Waals surface area (Å²) in [4.78, 5) is 13.8. The molecule has 9 heteroatoms. The molecule has 3 aliphatic rings. The van der Waals surface area contributed by atoms with Crippen molar-refractivity contribution in [2.75, 3.05) is 19.6 Å². The van der Waals surface area contributed by atoms with Crippen molar-refractivity contribution in [3.63, 3.8) is 0 Å². The standard InChI is InChI=1S/C19H23F4N3O2/c20-12-7-15(17(24)27)26(10-12)18(6-5-11-8-25-9-14(11)18)13-3-1-2-4-16(13)28-19(21,22)23/h1-4,11-12,14-15,25H,5-10H2,(H2,24,27)/t11-,12-,14+,15+,18-/m1/s1. The van der Waals surface area contributed by atoms with Crippen LogP contribution in [-0.4, -0.2) is 49.0 Å². The molecule has 28 heavy (non-hydrogen) atoms. The van der Waals surface area contributed by atoms with E-state index in [-0.39, 0.29) is 30.6 Å². The van der Waals surface area contributed by atoms with Gasteiger partial charge in [-0.25, -0.2) is 4.39 Å². The van der Waals surface area contributed by atoms with Crippen molar-refractivity contribution in [2.24, 2.45) is 17.6 Å². The maximum atomic E-state index is 14.4. The molecule has 0 bridgehead atoms. The lowest BCUT2D eigenvalue weighted by atomic mass is 9.76. The first-order valence-corrected chi connectivity index (χ1v) is 9.48. The number of fused-ring (bicyclic) bond motifs is 1. The number of amides is 1. The number of nitrogens with two attached hydrogens (primary N) is 1. The Morgan fingerprint density at radius 3 is 2.75 bits per heavy atom. The summed E-state index contributed by atoms with van der Waals surface area (Å²) in [5.74, 6) is -0.764. The number of nitrogens with one attached hydrogen (secondary N) is 1. The second-order valence-electron chi connectivity index (χ2n) is 7.94. The SMILES string of the molecule is NC(=O)[C@@H]1C[C@@H](F)CN1[C@@]1(c2ccccc2OC(F)(F)F)CC[C@@H]2CNC[C@@H]21. The van der Waals surface area contributed by atoms with Gasteiger partial charge in [-0.05, 0) is 37.3 Å². The fourth-order valence-corrected chi connectivity index (χ4v) is 5.57. The topological polar surface area (TPSA) is 67.6 Å². The van der Waals surface area contributed by atoms with E-state index in [0.717, 1.165) is 13.0 Å². The number of benzene rings is 1. The Hall–Kier alpha value is -1.87. The minimum Gasteiger partial charge on any atom is -0.405 e. The average molecular weight is 401 g/mol. The number of ether oxygens (including phenoxy) is 1. The number of carbonyl (C=O) groups is 1. The van der Waals surface area contributed by atoms with E-state index >= 15 is 0 Å². The second-order valence-corrected chi connectivity index (χ2v) is 7.94. The third kappa shape index (κ3) is 3.14. The number of halogens is 4. The molecule has 4 rings (SSSR count). The number of carbonyl (C=O) groups excluding carboxylic acids is 1. The summed E-state index contributed by atoms with van der Waals surface area (Å²) < 4.78 is 57.9. The molecular weight excluding hydrogens is 378 g/mol. The zero-order valence-corrected chi connectivity index (χ0v) is 15.2. The molecule has 5 atom stereocenters. The Bertz CT molecular complexity index is 759. The summed E-state index contributed by atoms with van der Waals surface area (Å²) in [7, 11) is 0. The van der Waals surface area contributed by atoms with Crippen molar-refractivity contribution in [1.29, 1.82) is 0 Å². The van der Waals surface area contributed by atoms with Crippen molar-refractivity contribution in [3.05, 3.63) is 29.8 Å². The molecule has 1 aromatic carbocycles. The van der Waals surface area contributed by atoms with Crippen molar-refractivity contribution < 1.29 is 27.1 Å². The number of likely N-dealkylation sites (tertiary alicyclic amines) is 1. The van der Waals surface area contributed by atoms with Crippen LogP contribution in [0.3, 0.4) is 0 Å². The van der Waals surface area contributed by atoms with Gasteiger partial charge in [-0.1, -0.05) is 18.2 Å². The molecule has 3 N–H and O–H groups in total. The smallest absolute Gasteiger partial charge is 0.405 e. The Morgan fingerprint density at radius 2 is 2.04 bits per heavy atom. The average Bonchev–Trinajstić information content (AvgIpc) is 3.29. The molecule has 0 aromatic heterocycles. The Morgan fingerprint density at radius 1 is 1.29 bits per heavy atom. The van der Waals surface area contributed by atoms with E-state index in [9.17, 15) is 22.4 Å². The highest BCUT2D eigenvalue weighted by atomic mass is 19.4. The zero-order chi connectivity index (χ0) is 20.1. The predicted octanol–water partition coefficient (Wildman–Crippen LogP) is 2.31. The normalized spacial score (nSPS) is 35.9. The molecule has 1 aromatic rings. The highest BCUT2D eigenvalue weighted by molar-refractivity contribution is 5.80. The van der Waals surface area contributed by atoms with Crippen LogP contribution in [-0.2, 0) is 10.3 Å². The van der Waals surface area contributed by atoms with Crippen molar-refractivity contribution in [1.82, 2.24) is 10.2 Å². The molecule has 1 amide bonds. The lowest BCUT2D eigenvalue weighted by molar-refractivity contribution is -0.275. The number of hydrogen-bond acceptors (Lipinski definition) is 4. The third-order valence-corrected chi connectivity index (χ3v) is 6.52. The molecule has 2 heterocycles. The summed E-state index contributed by atoms with van der Waals surface area (Å²) in [5.41, 5.74) is 4.97. The van der Waals surface area contributed by atoms with Gasteiger partial charge in [-0.15, -0.1) is 13.2 Å². The summed E-state index contributed by atoms with van der Waals surface area (Å²) in [6.45, 7) is 1.31. The van der Waals surface area contributed by atoms with E-state index in [2.05, 4.69) is 10.1 Å². The molecule has 5 nitrogen and oxygen atoms in total. The van der Waals surface area contributed by atoms with Gasteiger partial charge in [0.05, 0.1) is 11.6 Å². The van der Waals surface area contributed by atoms with Gasteiger partial charge in [0.1, 0.15) is 11.9 Å². The lowest BCUT2D eigenvalue weighted by Gasteiger charge is -2.46. The van der Waals surface area contributed by atoms with Crippen molar-refractivity contribution in [3.8, 4) is 5.75 Å². The minimum absolute atomic E-state index is 0.0306. The molecule has 3 fully saturated rings. The predicted molar refractivity (Wildman–Crippen MR) is 93.1 cm³/mol. The van der Waals surface area contributed by atoms with Gasteiger partial charge in [0.15, 0.2) is 0 Å². The number of para-hydroxylation sites is 1. The van der Waals surface area contributed by atoms with Gasteiger partial charge in [0.2, 0.25) is 5.91 Å². The first-order valence-electron chi connectivity index (χ1n) is 9.48. The molecule has 0 unspecified atom stereocenters. The molecule has 0 radical (unpaired) electrons. The van der Waals surface area contributed by atoms with Crippen LogP contribution in [0.1, 0.15) is 24.8 Å². The van der Waals surface area contributed by atoms with Gasteiger partial charge >= 0.3 is 6.36 Å². The van der Waals surface area contributed by atoms with Gasteiger partial charge in [0, 0.05) is 25.1 Å². The summed E-state index contributed by atoms with van der Waals surface area (Å²) in [6, 6.07) is 5.16. The maximum Gasteiger partial charge on any atom is 0.573 e. The van der Waals surface area contributed by atoms with Crippen molar-refractivity contribution >= 4 is 5.91 Å². The summed E-state index contributed by atoms with van der Waals surface area (Å²) >= 11 is 0. The number of hydrogen-bond donors (Lipinski definition) is 2. The van der Waals surface area contributed by atoms with Crippen LogP contribution in [0.5, 0.6) is 5.75 Å². The first kappa shape index (κ1) is 19.4. The summed E-state index contributed by atoms with van der Waals surface area (Å²) in [5, 5.41) is 3.30. The third-order valence-electron chi connectivity index (χ3n) is 6.52. The van der Waals surface area contributed by atoms with Crippen molar-refractivity contribution in [2.45, 2.75) is 43.4 Å². The molecule has 1 saturated carbocycles. The Balaban J connectivity index is 1.86. The van der Waals surface area contributed by atoms with Crippen LogP contribution < -0.4 is 15.8 Å². The van der Waals surface area contributed by atoms with Gasteiger partial charge in [-0.3, -0.25) is 9.69 Å². The molecule has 2 saturated heterocycles. The second kappa shape index (κ2) is 6.88. The maximum absolute atomic E-state index is 14.4. The Kier molecular flexibility index (Phi) is 4.78. The van der Waals surface area contributed by atoms with Crippen LogP contribution >= 0.6 is 0 Å². The van der Waals surface area contributed by atoms with Gasteiger partial charge in [-0.2, -0.15) is 0 Å². The van der Waals surface area contributed by atoms with E-state index < -0.39 is 30.0 Å². The number of nitrogens with zero attached hydrogens (tertiary/aromatic N) is 1. The first-order chi connectivity index (χ1) is 13.2. The fraction of sp³-hybridized carbons (Fsp3) is 0.632. The van der Waals surface area contributed by atoms with Crippen LogP contribution in [0.2, 0.25) is 0 Å². The minimum atomic E-state index is -4.85. The lowest BCUT2D eigenvalue weighted by Crippen LogP contribution is -2.56. The van der Waals surface area contributed by atoms with Gasteiger partial charge < -0.3 is 15.8 Å². The quantitative estimate of drug-likeness (QED) is 0.760. The van der Waals surface area contributed by atoms with Crippen LogP contribution in [0, 0.1) is 11.8 Å². The largest absolute Gasteiger partial charge is 0.573 e. The van der Waals surface area contributed by atoms with E-state index in [1.54, 1.807) is 17.0 Å². The van der Waals surface area contributed by atoms with Crippen LogP contribution in [0.4, 0.5) is 17.6 Å². The van der Waals surface area contributed by atoms with E-state index in [1.165, 1.54) is 12.1 Å². The number of rotatable bonds is 4. The fourth-order valence-electron chi connectivity index (χ4n) is 5.57. The monoisotopic (exact) mass is 401 g/mol.